The van der Waals surface area contributed by atoms with Crippen LogP contribution in [0.15, 0.2) is 65.1 Å². The Morgan fingerprint density at radius 1 is 1.04 bits per heavy atom. The first-order valence-electron chi connectivity index (χ1n) is 8.25. The van der Waals surface area contributed by atoms with Crippen molar-refractivity contribution >= 4 is 22.8 Å². The van der Waals surface area contributed by atoms with Gasteiger partial charge < -0.3 is 14.5 Å². The number of furan rings is 1. The van der Waals surface area contributed by atoms with Gasteiger partial charge in [-0.1, -0.05) is 48.5 Å². The van der Waals surface area contributed by atoms with Crippen LogP contribution in [0.2, 0.25) is 0 Å². The summed E-state index contributed by atoms with van der Waals surface area (Å²) >= 11 is 0. The molecule has 1 saturated carbocycles. The minimum Gasteiger partial charge on any atom is -0.449 e. The molecule has 4 rings (SSSR count). The lowest BCUT2D eigenvalue weighted by molar-refractivity contribution is -0.130. The van der Waals surface area contributed by atoms with E-state index in [0.717, 1.165) is 18.2 Å². The number of carbonyl (C=O) groups is 2. The molecular formula is C20H17NO4. The summed E-state index contributed by atoms with van der Waals surface area (Å²) < 4.78 is 11.0. The van der Waals surface area contributed by atoms with Crippen LogP contribution in [0.25, 0.3) is 11.0 Å². The third kappa shape index (κ3) is 3.40. The highest BCUT2D eigenvalue weighted by atomic mass is 16.6. The zero-order valence-electron chi connectivity index (χ0n) is 13.5. The first kappa shape index (κ1) is 15.4. The van der Waals surface area contributed by atoms with Gasteiger partial charge in [0.25, 0.3) is 5.91 Å². The van der Waals surface area contributed by atoms with Crippen LogP contribution in [0, 0.1) is 0 Å². The van der Waals surface area contributed by atoms with E-state index >= 15 is 0 Å². The minimum absolute atomic E-state index is 0.0846. The van der Waals surface area contributed by atoms with Crippen LogP contribution in [0.1, 0.15) is 35.1 Å². The highest BCUT2D eigenvalue weighted by Gasteiger charge is 2.31. The number of carbonyl (C=O) groups excluding carboxylic acids is 2. The van der Waals surface area contributed by atoms with Gasteiger partial charge in [-0.05, 0) is 25.0 Å². The Bertz CT molecular complexity index is 879. The Labute approximate surface area is 144 Å². The molecule has 1 fully saturated rings. The molecule has 0 unspecified atom stereocenters. The molecule has 1 aromatic heterocycles. The van der Waals surface area contributed by atoms with Crippen molar-refractivity contribution in [1.29, 1.82) is 0 Å². The van der Waals surface area contributed by atoms with Crippen LogP contribution in [-0.2, 0) is 9.53 Å². The predicted molar refractivity (Wildman–Crippen MR) is 92.0 cm³/mol. The summed E-state index contributed by atoms with van der Waals surface area (Å²) in [5.41, 5.74) is 1.23. The highest BCUT2D eigenvalue weighted by molar-refractivity contribution is 5.94. The molecule has 0 aliphatic heterocycles. The smallest absolute Gasteiger partial charge is 0.375 e. The molecule has 1 atom stereocenters. The van der Waals surface area contributed by atoms with Gasteiger partial charge >= 0.3 is 5.97 Å². The maximum atomic E-state index is 12.5. The van der Waals surface area contributed by atoms with Crippen molar-refractivity contribution < 1.29 is 18.7 Å². The number of para-hydroxylation sites is 1. The largest absolute Gasteiger partial charge is 0.449 e. The van der Waals surface area contributed by atoms with Crippen molar-refractivity contribution in [2.45, 2.75) is 25.0 Å². The number of benzene rings is 2. The van der Waals surface area contributed by atoms with E-state index in [2.05, 4.69) is 5.32 Å². The van der Waals surface area contributed by atoms with Crippen LogP contribution < -0.4 is 5.32 Å². The molecule has 0 bridgehead atoms. The normalized spacial score (nSPS) is 14.9. The fraction of sp³-hybridized carbons (Fsp3) is 0.200. The highest BCUT2D eigenvalue weighted by Crippen LogP contribution is 2.25. The Kier molecular flexibility index (Phi) is 3.98. The third-order valence-electron chi connectivity index (χ3n) is 4.12. The maximum Gasteiger partial charge on any atom is 0.375 e. The van der Waals surface area contributed by atoms with Gasteiger partial charge in [0, 0.05) is 17.0 Å². The molecule has 126 valence electrons. The standard InChI is InChI=1S/C20H17NO4/c22-19(21-15-10-11-15)18(13-6-2-1-3-7-13)25-20(23)17-12-14-8-4-5-9-16(14)24-17/h1-9,12,15,18H,10-11H2,(H,21,22)/t18-/m1/s1. The summed E-state index contributed by atoms with van der Waals surface area (Å²) in [7, 11) is 0. The van der Waals surface area contributed by atoms with Gasteiger partial charge in [-0.25, -0.2) is 4.79 Å². The number of amides is 1. The van der Waals surface area contributed by atoms with Crippen molar-refractivity contribution in [3.05, 3.63) is 72.0 Å². The summed E-state index contributed by atoms with van der Waals surface area (Å²) in [6, 6.07) is 18.1. The molecule has 1 heterocycles. The molecule has 5 heteroatoms. The average molecular weight is 335 g/mol. The molecule has 1 amide bonds. The van der Waals surface area contributed by atoms with Crippen molar-refractivity contribution in [2.24, 2.45) is 0 Å². The monoisotopic (exact) mass is 335 g/mol. The lowest BCUT2D eigenvalue weighted by Crippen LogP contribution is -2.33. The number of ether oxygens (including phenoxy) is 1. The van der Waals surface area contributed by atoms with E-state index in [1.54, 1.807) is 24.3 Å². The summed E-state index contributed by atoms with van der Waals surface area (Å²) in [6.45, 7) is 0. The van der Waals surface area contributed by atoms with E-state index < -0.39 is 12.1 Å². The lowest BCUT2D eigenvalue weighted by Gasteiger charge is -2.17. The number of rotatable bonds is 5. The van der Waals surface area contributed by atoms with Crippen molar-refractivity contribution in [3.8, 4) is 0 Å². The molecule has 5 nitrogen and oxygen atoms in total. The van der Waals surface area contributed by atoms with Crippen LogP contribution in [0.4, 0.5) is 0 Å². The molecule has 1 aliphatic carbocycles. The predicted octanol–water partition coefficient (Wildman–Crippen LogP) is 3.61. The maximum absolute atomic E-state index is 12.5. The van der Waals surface area contributed by atoms with Crippen LogP contribution in [0.3, 0.4) is 0 Å². The van der Waals surface area contributed by atoms with E-state index in [9.17, 15) is 9.59 Å². The second kappa shape index (κ2) is 6.43. The second-order valence-corrected chi connectivity index (χ2v) is 6.13. The van der Waals surface area contributed by atoms with E-state index in [1.807, 2.05) is 36.4 Å². The molecule has 0 radical (unpaired) electrons. The quantitative estimate of drug-likeness (QED) is 0.723. The van der Waals surface area contributed by atoms with Crippen LogP contribution in [-0.4, -0.2) is 17.9 Å². The molecule has 3 aromatic rings. The first-order chi connectivity index (χ1) is 12.2. The fourth-order valence-corrected chi connectivity index (χ4v) is 2.65. The van der Waals surface area contributed by atoms with E-state index in [4.69, 9.17) is 9.15 Å². The second-order valence-electron chi connectivity index (χ2n) is 6.13. The molecule has 1 N–H and O–H groups in total. The van der Waals surface area contributed by atoms with Crippen molar-refractivity contribution in [1.82, 2.24) is 5.32 Å². The minimum atomic E-state index is -0.998. The zero-order chi connectivity index (χ0) is 17.2. The molecule has 2 aromatic carbocycles. The van der Waals surface area contributed by atoms with Gasteiger partial charge in [0.15, 0.2) is 0 Å². The fourth-order valence-electron chi connectivity index (χ4n) is 2.65. The van der Waals surface area contributed by atoms with Crippen LogP contribution >= 0.6 is 0 Å². The number of fused-ring (bicyclic) bond motifs is 1. The van der Waals surface area contributed by atoms with Crippen molar-refractivity contribution in [2.75, 3.05) is 0 Å². The number of esters is 1. The van der Waals surface area contributed by atoms with Gasteiger partial charge in [-0.15, -0.1) is 0 Å². The summed E-state index contributed by atoms with van der Waals surface area (Å²) in [4.78, 5) is 25.0. The molecular weight excluding hydrogens is 318 g/mol. The zero-order valence-corrected chi connectivity index (χ0v) is 13.5. The summed E-state index contributed by atoms with van der Waals surface area (Å²) in [5, 5.41) is 3.70. The van der Waals surface area contributed by atoms with Crippen molar-refractivity contribution in [3.63, 3.8) is 0 Å². The number of nitrogens with one attached hydrogen (secondary N) is 1. The molecule has 1 aliphatic rings. The Morgan fingerprint density at radius 2 is 1.76 bits per heavy atom. The van der Waals surface area contributed by atoms with E-state index in [0.29, 0.717) is 11.1 Å². The SMILES string of the molecule is O=C(O[C@@H](C(=O)NC1CC1)c1ccccc1)c1cc2ccccc2o1. The molecule has 25 heavy (non-hydrogen) atoms. The molecule has 0 saturated heterocycles. The van der Waals surface area contributed by atoms with Gasteiger partial charge in [-0.3, -0.25) is 4.79 Å². The van der Waals surface area contributed by atoms with Gasteiger partial charge in [0.1, 0.15) is 5.58 Å². The third-order valence-corrected chi connectivity index (χ3v) is 4.12. The number of hydrogen-bond acceptors (Lipinski definition) is 4. The van der Waals surface area contributed by atoms with Gasteiger partial charge in [0.05, 0.1) is 0 Å². The average Bonchev–Trinajstić information content (AvgIpc) is 3.34. The molecule has 0 spiro atoms. The summed E-state index contributed by atoms with van der Waals surface area (Å²) in [6.07, 6.45) is 0.928. The Balaban J connectivity index is 1.58. The van der Waals surface area contributed by atoms with Gasteiger partial charge in [-0.2, -0.15) is 0 Å². The van der Waals surface area contributed by atoms with Gasteiger partial charge in [0.2, 0.25) is 11.9 Å². The summed E-state index contributed by atoms with van der Waals surface area (Å²) in [5.74, 6) is -0.879. The Hall–Kier alpha value is -3.08. The van der Waals surface area contributed by atoms with Crippen LogP contribution in [0.5, 0.6) is 0 Å². The van der Waals surface area contributed by atoms with E-state index in [1.165, 1.54) is 0 Å². The topological polar surface area (TPSA) is 68.5 Å². The lowest BCUT2D eigenvalue weighted by atomic mass is 10.1. The first-order valence-corrected chi connectivity index (χ1v) is 8.25. The Morgan fingerprint density at radius 3 is 2.48 bits per heavy atom. The van der Waals surface area contributed by atoms with E-state index in [-0.39, 0.29) is 17.7 Å². The number of hydrogen-bond donors (Lipinski definition) is 1.